The van der Waals surface area contributed by atoms with Gasteiger partial charge in [-0.15, -0.1) is 0 Å². The van der Waals surface area contributed by atoms with Crippen LogP contribution in [0, 0.1) is 19.7 Å². The first-order valence-electron chi connectivity index (χ1n) is 5.91. The number of aromatic nitrogens is 1. The van der Waals surface area contributed by atoms with Gasteiger partial charge in [0, 0.05) is 17.0 Å². The van der Waals surface area contributed by atoms with Crippen LogP contribution in [0.2, 0.25) is 0 Å². The van der Waals surface area contributed by atoms with E-state index in [1.54, 1.807) is 18.2 Å². The van der Waals surface area contributed by atoms with Gasteiger partial charge >= 0.3 is 0 Å². The van der Waals surface area contributed by atoms with Crippen LogP contribution in [0.4, 0.5) is 4.39 Å². The first-order chi connectivity index (χ1) is 8.59. The molecule has 1 aromatic carbocycles. The fraction of sp³-hybridized carbons (Fsp3) is 0.286. The largest absolute Gasteiger partial charge is 0.386 e. The van der Waals surface area contributed by atoms with E-state index in [2.05, 4.69) is 5.43 Å². The Morgan fingerprint density at radius 3 is 2.39 bits per heavy atom. The van der Waals surface area contributed by atoms with E-state index in [0.717, 1.165) is 11.4 Å². The molecule has 0 aliphatic carbocycles. The Morgan fingerprint density at radius 1 is 1.17 bits per heavy atom. The van der Waals surface area contributed by atoms with Crippen LogP contribution >= 0.6 is 0 Å². The number of hydrogen-bond acceptors (Lipinski definition) is 2. The summed E-state index contributed by atoms with van der Waals surface area (Å²) in [5.41, 5.74) is 5.50. The van der Waals surface area contributed by atoms with Crippen LogP contribution in [-0.2, 0) is 0 Å². The highest BCUT2D eigenvalue weighted by atomic mass is 19.1. The molecular formula is C14H17FN2O. The van der Waals surface area contributed by atoms with Gasteiger partial charge in [0.05, 0.1) is 6.54 Å². The van der Waals surface area contributed by atoms with Crippen molar-refractivity contribution in [2.24, 2.45) is 0 Å². The van der Waals surface area contributed by atoms with E-state index in [4.69, 9.17) is 0 Å². The molecule has 0 spiro atoms. The molecule has 2 rings (SSSR count). The molecule has 2 N–H and O–H groups in total. The van der Waals surface area contributed by atoms with Crippen LogP contribution in [0.25, 0.3) is 0 Å². The van der Waals surface area contributed by atoms with Gasteiger partial charge in [-0.2, -0.15) is 0 Å². The monoisotopic (exact) mass is 248 g/mol. The molecule has 0 saturated carbocycles. The average molecular weight is 248 g/mol. The molecule has 0 aliphatic heterocycles. The summed E-state index contributed by atoms with van der Waals surface area (Å²) in [7, 11) is 0. The van der Waals surface area contributed by atoms with Crippen molar-refractivity contribution in [3.8, 4) is 0 Å². The minimum Gasteiger partial charge on any atom is -0.386 e. The smallest absolute Gasteiger partial charge is 0.129 e. The van der Waals surface area contributed by atoms with E-state index in [0.29, 0.717) is 5.56 Å². The maximum atomic E-state index is 13.5. The maximum Gasteiger partial charge on any atom is 0.129 e. The Balaban J connectivity index is 2.05. The number of hydrogen-bond donors (Lipinski definition) is 2. The van der Waals surface area contributed by atoms with Gasteiger partial charge in [0.2, 0.25) is 0 Å². The quantitative estimate of drug-likeness (QED) is 0.872. The van der Waals surface area contributed by atoms with E-state index < -0.39 is 6.10 Å². The third-order valence-corrected chi connectivity index (χ3v) is 2.98. The van der Waals surface area contributed by atoms with Gasteiger partial charge in [0.25, 0.3) is 0 Å². The van der Waals surface area contributed by atoms with Crippen molar-refractivity contribution in [1.29, 1.82) is 0 Å². The van der Waals surface area contributed by atoms with Crippen LogP contribution in [0.3, 0.4) is 0 Å². The van der Waals surface area contributed by atoms with E-state index in [1.807, 2.05) is 30.7 Å². The lowest BCUT2D eigenvalue weighted by atomic mass is 10.1. The van der Waals surface area contributed by atoms with Crippen molar-refractivity contribution in [3.05, 3.63) is 59.2 Å². The Kier molecular flexibility index (Phi) is 3.67. The van der Waals surface area contributed by atoms with Crippen LogP contribution in [-0.4, -0.2) is 16.3 Å². The molecule has 4 heteroatoms. The standard InChI is InChI=1S/C14H17FN2O/c1-10-7-8-11(2)17(10)16-9-14(18)12-5-3-4-6-13(12)15/h3-8,14,16,18H,9H2,1-2H3. The van der Waals surface area contributed by atoms with Crippen molar-refractivity contribution in [3.63, 3.8) is 0 Å². The summed E-state index contributed by atoms with van der Waals surface area (Å²) < 4.78 is 15.3. The summed E-state index contributed by atoms with van der Waals surface area (Å²) in [5.74, 6) is -0.382. The van der Waals surface area contributed by atoms with E-state index in [-0.39, 0.29) is 12.4 Å². The summed E-state index contributed by atoms with van der Waals surface area (Å²) in [4.78, 5) is 0. The first-order valence-corrected chi connectivity index (χ1v) is 5.91. The molecule has 0 bridgehead atoms. The molecule has 96 valence electrons. The predicted octanol–water partition coefficient (Wildman–Crippen LogP) is 2.52. The summed E-state index contributed by atoms with van der Waals surface area (Å²) >= 11 is 0. The van der Waals surface area contributed by atoms with Crippen LogP contribution in [0.5, 0.6) is 0 Å². The van der Waals surface area contributed by atoms with Crippen molar-refractivity contribution < 1.29 is 9.50 Å². The Hall–Kier alpha value is -1.81. The van der Waals surface area contributed by atoms with Gasteiger partial charge in [-0.25, -0.2) is 4.39 Å². The van der Waals surface area contributed by atoms with Gasteiger partial charge < -0.3 is 10.5 Å². The highest BCUT2D eigenvalue weighted by Crippen LogP contribution is 2.16. The van der Waals surface area contributed by atoms with Gasteiger partial charge in [-0.3, -0.25) is 4.68 Å². The SMILES string of the molecule is Cc1ccc(C)n1NCC(O)c1ccccc1F. The molecule has 2 aromatic rings. The molecule has 1 unspecified atom stereocenters. The number of nitrogens with one attached hydrogen (secondary N) is 1. The Morgan fingerprint density at radius 2 is 1.78 bits per heavy atom. The second kappa shape index (κ2) is 5.23. The van der Waals surface area contributed by atoms with Gasteiger partial charge in [-0.1, -0.05) is 18.2 Å². The lowest BCUT2D eigenvalue weighted by Crippen LogP contribution is -2.23. The average Bonchev–Trinajstić information content (AvgIpc) is 2.67. The van der Waals surface area contributed by atoms with E-state index in [1.165, 1.54) is 6.07 Å². The number of aryl methyl sites for hydroxylation is 2. The fourth-order valence-electron chi connectivity index (χ4n) is 1.95. The Labute approximate surface area is 106 Å². The summed E-state index contributed by atoms with van der Waals surface area (Å²) in [6.45, 7) is 4.20. The summed E-state index contributed by atoms with van der Waals surface area (Å²) in [5, 5.41) is 9.97. The van der Waals surface area contributed by atoms with Crippen LogP contribution < -0.4 is 5.43 Å². The predicted molar refractivity (Wildman–Crippen MR) is 69.5 cm³/mol. The van der Waals surface area contributed by atoms with Gasteiger partial charge in [-0.05, 0) is 32.0 Å². The molecule has 1 aromatic heterocycles. The lowest BCUT2D eigenvalue weighted by molar-refractivity contribution is 0.183. The van der Waals surface area contributed by atoms with Crippen LogP contribution in [0.1, 0.15) is 23.1 Å². The molecule has 0 saturated heterocycles. The first kappa shape index (κ1) is 12.6. The molecule has 1 atom stereocenters. The highest BCUT2D eigenvalue weighted by molar-refractivity contribution is 5.21. The van der Waals surface area contributed by atoms with Crippen LogP contribution in [0.15, 0.2) is 36.4 Å². The minimum atomic E-state index is -0.868. The zero-order valence-electron chi connectivity index (χ0n) is 10.5. The fourth-order valence-corrected chi connectivity index (χ4v) is 1.95. The molecule has 3 nitrogen and oxygen atoms in total. The second-order valence-corrected chi connectivity index (χ2v) is 4.35. The van der Waals surface area contributed by atoms with Crippen molar-refractivity contribution >= 4 is 0 Å². The molecular weight excluding hydrogens is 231 g/mol. The van der Waals surface area contributed by atoms with E-state index >= 15 is 0 Å². The third kappa shape index (κ3) is 2.54. The lowest BCUT2D eigenvalue weighted by Gasteiger charge is -2.17. The normalized spacial score (nSPS) is 12.4. The highest BCUT2D eigenvalue weighted by Gasteiger charge is 2.12. The number of nitrogens with zero attached hydrogens (tertiary/aromatic N) is 1. The van der Waals surface area contributed by atoms with Crippen molar-refractivity contribution in [2.45, 2.75) is 20.0 Å². The number of rotatable bonds is 4. The topological polar surface area (TPSA) is 37.2 Å². The Bertz CT molecular complexity index is 517. The number of aliphatic hydroxyl groups is 1. The van der Waals surface area contributed by atoms with Gasteiger partial charge in [0.15, 0.2) is 0 Å². The molecule has 0 amide bonds. The van der Waals surface area contributed by atoms with Crippen molar-refractivity contribution in [1.82, 2.24) is 4.68 Å². The van der Waals surface area contributed by atoms with Crippen molar-refractivity contribution in [2.75, 3.05) is 12.0 Å². The zero-order chi connectivity index (χ0) is 13.1. The molecule has 0 aliphatic rings. The number of aliphatic hydroxyl groups excluding tert-OH is 1. The number of benzene rings is 1. The molecule has 1 heterocycles. The number of halogens is 1. The molecule has 0 radical (unpaired) electrons. The second-order valence-electron chi connectivity index (χ2n) is 4.35. The summed E-state index contributed by atoms with van der Waals surface area (Å²) in [6.07, 6.45) is -0.868. The van der Waals surface area contributed by atoms with E-state index in [9.17, 15) is 9.50 Å². The minimum absolute atomic E-state index is 0.261. The zero-order valence-corrected chi connectivity index (χ0v) is 10.5. The maximum absolute atomic E-state index is 13.5. The molecule has 0 fully saturated rings. The third-order valence-electron chi connectivity index (χ3n) is 2.98. The summed E-state index contributed by atoms with van der Waals surface area (Å²) in [6, 6.07) is 10.2. The van der Waals surface area contributed by atoms with Gasteiger partial charge in [0.1, 0.15) is 11.9 Å². The molecule has 18 heavy (non-hydrogen) atoms.